The minimum absolute atomic E-state index is 0.257. The van der Waals surface area contributed by atoms with Crippen LogP contribution in [0.2, 0.25) is 0 Å². The van der Waals surface area contributed by atoms with E-state index in [1.807, 2.05) is 55.5 Å². The van der Waals surface area contributed by atoms with Crippen LogP contribution in [-0.2, 0) is 0 Å². The Bertz CT molecular complexity index is 1080. The number of nitrogens with zero attached hydrogens (tertiary/aromatic N) is 5. The Labute approximate surface area is 148 Å². The second-order valence-corrected chi connectivity index (χ2v) is 5.69. The van der Waals surface area contributed by atoms with Gasteiger partial charge in [-0.2, -0.15) is 5.10 Å². The Morgan fingerprint density at radius 1 is 1.15 bits per heavy atom. The number of aromatic amines is 1. The largest absolute Gasteiger partial charge is 0.360 e. The Balaban J connectivity index is 1.50. The molecule has 26 heavy (non-hydrogen) atoms. The predicted molar refractivity (Wildman–Crippen MR) is 97.1 cm³/mol. The molecule has 128 valence electrons. The van der Waals surface area contributed by atoms with Crippen molar-refractivity contribution >= 4 is 22.5 Å². The fraction of sp³-hybridized carbons (Fsp3) is 0.0556. The molecule has 8 heteroatoms. The lowest BCUT2D eigenvalue weighted by molar-refractivity contribution is 0.0956. The van der Waals surface area contributed by atoms with E-state index >= 15 is 0 Å². The molecule has 2 heterocycles. The maximum absolute atomic E-state index is 12.4. The number of hydrogen-bond acceptors (Lipinski definition) is 5. The highest BCUT2D eigenvalue weighted by Crippen LogP contribution is 2.17. The fourth-order valence-corrected chi connectivity index (χ4v) is 2.65. The van der Waals surface area contributed by atoms with E-state index in [0.717, 1.165) is 22.2 Å². The SMILES string of the molecule is C/C(=N\NC(=O)c1c[nH]c2ccccc12)c1ccc(-n2cnnn2)cc1. The van der Waals surface area contributed by atoms with Crippen LogP contribution in [0.4, 0.5) is 0 Å². The molecule has 4 aromatic rings. The molecule has 1 amide bonds. The Morgan fingerprint density at radius 3 is 2.73 bits per heavy atom. The predicted octanol–water partition coefficient (Wildman–Crippen LogP) is 2.30. The highest BCUT2D eigenvalue weighted by Gasteiger charge is 2.11. The Hall–Kier alpha value is -3.81. The summed E-state index contributed by atoms with van der Waals surface area (Å²) in [7, 11) is 0. The fourth-order valence-electron chi connectivity index (χ4n) is 2.65. The first-order valence-electron chi connectivity index (χ1n) is 7.97. The smallest absolute Gasteiger partial charge is 0.273 e. The number of fused-ring (bicyclic) bond motifs is 1. The zero-order valence-electron chi connectivity index (χ0n) is 13.9. The molecule has 0 bridgehead atoms. The molecule has 0 aliphatic heterocycles. The van der Waals surface area contributed by atoms with Gasteiger partial charge in [0.25, 0.3) is 5.91 Å². The van der Waals surface area contributed by atoms with Crippen molar-refractivity contribution in [1.29, 1.82) is 0 Å². The summed E-state index contributed by atoms with van der Waals surface area (Å²) in [6.07, 6.45) is 3.21. The number of hydrogen-bond donors (Lipinski definition) is 2. The third-order valence-electron chi connectivity index (χ3n) is 4.06. The molecule has 0 fully saturated rings. The summed E-state index contributed by atoms with van der Waals surface area (Å²) in [5.74, 6) is -0.257. The number of para-hydroxylation sites is 1. The number of H-pyrrole nitrogens is 1. The molecule has 0 aliphatic carbocycles. The second-order valence-electron chi connectivity index (χ2n) is 5.69. The van der Waals surface area contributed by atoms with E-state index in [9.17, 15) is 4.79 Å². The van der Waals surface area contributed by atoms with Gasteiger partial charge in [-0.15, -0.1) is 5.10 Å². The van der Waals surface area contributed by atoms with Crippen molar-refractivity contribution in [3.63, 3.8) is 0 Å². The van der Waals surface area contributed by atoms with Gasteiger partial charge in [0, 0.05) is 17.1 Å². The molecule has 4 rings (SSSR count). The summed E-state index contributed by atoms with van der Waals surface area (Å²) in [5, 5.41) is 16.1. The summed E-state index contributed by atoms with van der Waals surface area (Å²) in [4.78, 5) is 15.5. The van der Waals surface area contributed by atoms with Crippen molar-refractivity contribution in [1.82, 2.24) is 30.6 Å². The summed E-state index contributed by atoms with van der Waals surface area (Å²) in [5.41, 5.74) is 6.51. The van der Waals surface area contributed by atoms with E-state index in [-0.39, 0.29) is 5.91 Å². The van der Waals surface area contributed by atoms with E-state index in [0.29, 0.717) is 11.3 Å². The number of nitrogens with one attached hydrogen (secondary N) is 2. The van der Waals surface area contributed by atoms with Crippen molar-refractivity contribution in [3.8, 4) is 5.69 Å². The quantitative estimate of drug-likeness (QED) is 0.438. The van der Waals surface area contributed by atoms with Gasteiger partial charge in [-0.05, 0) is 41.1 Å². The van der Waals surface area contributed by atoms with Crippen LogP contribution in [0.5, 0.6) is 0 Å². The van der Waals surface area contributed by atoms with E-state index in [4.69, 9.17) is 0 Å². The van der Waals surface area contributed by atoms with Gasteiger partial charge in [-0.25, -0.2) is 10.1 Å². The summed E-state index contributed by atoms with van der Waals surface area (Å²) < 4.78 is 1.56. The molecule has 0 unspecified atom stereocenters. The summed E-state index contributed by atoms with van der Waals surface area (Å²) >= 11 is 0. The number of carbonyl (C=O) groups is 1. The molecule has 2 N–H and O–H groups in total. The highest BCUT2D eigenvalue weighted by molar-refractivity contribution is 6.07. The number of aromatic nitrogens is 5. The highest BCUT2D eigenvalue weighted by atomic mass is 16.2. The van der Waals surface area contributed by atoms with Crippen molar-refractivity contribution in [2.75, 3.05) is 0 Å². The first-order chi connectivity index (χ1) is 12.7. The van der Waals surface area contributed by atoms with Crippen LogP contribution < -0.4 is 5.43 Å². The minimum atomic E-state index is -0.257. The molecule has 2 aromatic carbocycles. The third kappa shape index (κ3) is 2.95. The van der Waals surface area contributed by atoms with E-state index in [1.54, 1.807) is 10.9 Å². The van der Waals surface area contributed by atoms with Crippen molar-refractivity contribution in [2.45, 2.75) is 6.92 Å². The van der Waals surface area contributed by atoms with Crippen LogP contribution in [-0.4, -0.2) is 36.8 Å². The summed E-state index contributed by atoms with van der Waals surface area (Å²) in [6.45, 7) is 1.83. The lowest BCUT2D eigenvalue weighted by Crippen LogP contribution is -2.19. The molecular formula is C18H15N7O. The molecular weight excluding hydrogens is 330 g/mol. The average molecular weight is 345 g/mol. The van der Waals surface area contributed by atoms with Crippen molar-refractivity contribution in [2.24, 2.45) is 5.10 Å². The molecule has 2 aromatic heterocycles. The monoisotopic (exact) mass is 345 g/mol. The molecule has 0 saturated carbocycles. The summed E-state index contributed by atoms with van der Waals surface area (Å²) in [6, 6.07) is 15.2. The van der Waals surface area contributed by atoms with Crippen LogP contribution in [0.25, 0.3) is 16.6 Å². The van der Waals surface area contributed by atoms with Crippen LogP contribution in [0, 0.1) is 0 Å². The molecule has 0 saturated heterocycles. The van der Waals surface area contributed by atoms with E-state index < -0.39 is 0 Å². The van der Waals surface area contributed by atoms with Gasteiger partial charge in [0.2, 0.25) is 0 Å². The molecule has 8 nitrogen and oxygen atoms in total. The lowest BCUT2D eigenvalue weighted by atomic mass is 10.1. The zero-order chi connectivity index (χ0) is 17.9. The standard InChI is InChI=1S/C18H15N7O/c1-12(13-6-8-14(9-7-13)25-11-20-23-24-25)21-22-18(26)16-10-19-17-5-3-2-4-15(16)17/h2-11,19H,1H3,(H,22,26)/b21-12+. The third-order valence-corrected chi connectivity index (χ3v) is 4.06. The molecule has 0 spiro atoms. The number of rotatable bonds is 4. The Kier molecular flexibility index (Phi) is 3.98. The van der Waals surface area contributed by atoms with Crippen LogP contribution in [0.3, 0.4) is 0 Å². The average Bonchev–Trinajstić information content (AvgIpc) is 3.36. The van der Waals surface area contributed by atoms with Crippen molar-refractivity contribution in [3.05, 3.63) is 72.2 Å². The van der Waals surface area contributed by atoms with E-state index in [1.165, 1.54) is 6.33 Å². The number of benzene rings is 2. The topological polar surface area (TPSA) is 101 Å². The van der Waals surface area contributed by atoms with Gasteiger partial charge in [0.15, 0.2) is 0 Å². The van der Waals surface area contributed by atoms with Crippen LogP contribution in [0.1, 0.15) is 22.8 Å². The second kappa shape index (κ2) is 6.60. The lowest BCUT2D eigenvalue weighted by Gasteiger charge is -2.04. The zero-order valence-corrected chi connectivity index (χ0v) is 13.9. The maximum atomic E-state index is 12.4. The molecule has 0 atom stereocenters. The van der Waals surface area contributed by atoms with Gasteiger partial charge in [-0.1, -0.05) is 30.3 Å². The van der Waals surface area contributed by atoms with Crippen LogP contribution in [0.15, 0.2) is 66.2 Å². The van der Waals surface area contributed by atoms with Crippen molar-refractivity contribution < 1.29 is 4.79 Å². The van der Waals surface area contributed by atoms with E-state index in [2.05, 4.69) is 31.0 Å². The van der Waals surface area contributed by atoms with Gasteiger partial charge in [-0.3, -0.25) is 4.79 Å². The molecule has 0 aliphatic rings. The molecule has 0 radical (unpaired) electrons. The number of carbonyl (C=O) groups excluding carboxylic acids is 1. The van der Waals surface area contributed by atoms with Gasteiger partial charge >= 0.3 is 0 Å². The first kappa shape index (κ1) is 15.7. The Morgan fingerprint density at radius 2 is 1.96 bits per heavy atom. The minimum Gasteiger partial charge on any atom is -0.360 e. The van der Waals surface area contributed by atoms with Gasteiger partial charge < -0.3 is 4.98 Å². The first-order valence-corrected chi connectivity index (χ1v) is 7.97. The maximum Gasteiger partial charge on any atom is 0.273 e. The number of amides is 1. The van der Waals surface area contributed by atoms with Gasteiger partial charge in [0.1, 0.15) is 6.33 Å². The van der Waals surface area contributed by atoms with Gasteiger partial charge in [0.05, 0.1) is 17.0 Å². The number of tetrazole rings is 1. The normalized spacial score (nSPS) is 11.7. The number of hydrazone groups is 1. The van der Waals surface area contributed by atoms with Crippen LogP contribution >= 0.6 is 0 Å².